The molecule has 0 aliphatic rings. The number of phenols is 1. The average Bonchev–Trinajstić information content (AvgIpc) is 2.23. The first-order chi connectivity index (χ1) is 8.12. The van der Waals surface area contributed by atoms with Crippen molar-refractivity contribution in [1.29, 1.82) is 0 Å². The second kappa shape index (κ2) is 5.34. The van der Waals surface area contributed by atoms with Crippen molar-refractivity contribution in [2.45, 2.75) is 12.2 Å². The maximum atomic E-state index is 11.6. The molecule has 18 heavy (non-hydrogen) atoms. The van der Waals surface area contributed by atoms with Crippen molar-refractivity contribution in [2.24, 2.45) is 0 Å². The van der Waals surface area contributed by atoms with Crippen molar-refractivity contribution in [2.75, 3.05) is 11.6 Å². The van der Waals surface area contributed by atoms with Gasteiger partial charge in [0.05, 0.1) is 10.0 Å². The molecule has 1 aromatic rings. The first-order valence-electron chi connectivity index (χ1n) is 4.80. The summed E-state index contributed by atoms with van der Waals surface area (Å²) in [6, 6.07) is 2.55. The summed E-state index contributed by atoms with van der Waals surface area (Å²) in [6.07, 6.45) is 0.966. The predicted octanol–water partition coefficient (Wildman–Crippen LogP) is 2.07. The Morgan fingerprint density at radius 1 is 1.33 bits per heavy atom. The summed E-state index contributed by atoms with van der Waals surface area (Å²) >= 11 is 11.3. The maximum absolute atomic E-state index is 11.6. The number of carbonyl (C=O) groups is 1. The number of hydrogen-bond donors (Lipinski definition) is 2. The Morgan fingerprint density at radius 2 is 1.78 bits per heavy atom. The van der Waals surface area contributed by atoms with E-state index in [0.717, 1.165) is 6.26 Å². The van der Waals surface area contributed by atoms with Crippen LogP contribution in [0.15, 0.2) is 12.1 Å². The molecular weight excluding hydrogens is 301 g/mol. The van der Waals surface area contributed by atoms with Crippen LogP contribution in [-0.2, 0) is 14.6 Å². The summed E-state index contributed by atoms with van der Waals surface area (Å²) in [6.45, 7) is 1.27. The molecule has 0 heterocycles. The largest absolute Gasteiger partial charge is 0.505 e. The van der Waals surface area contributed by atoms with Gasteiger partial charge in [-0.05, 0) is 19.1 Å². The SMILES string of the molecule is CC(C(=O)Nc1cc(Cl)c(O)c(Cl)c1)S(C)(=O)=O. The number of halogens is 2. The minimum Gasteiger partial charge on any atom is -0.505 e. The lowest BCUT2D eigenvalue weighted by Gasteiger charge is -2.11. The van der Waals surface area contributed by atoms with Crippen molar-refractivity contribution >= 4 is 44.6 Å². The van der Waals surface area contributed by atoms with Gasteiger partial charge in [0, 0.05) is 11.9 Å². The summed E-state index contributed by atoms with van der Waals surface area (Å²) in [4.78, 5) is 11.6. The van der Waals surface area contributed by atoms with Gasteiger partial charge in [-0.15, -0.1) is 0 Å². The van der Waals surface area contributed by atoms with Crippen LogP contribution in [0.2, 0.25) is 10.0 Å². The third kappa shape index (κ3) is 3.51. The summed E-state index contributed by atoms with van der Waals surface area (Å²) in [7, 11) is -3.48. The highest BCUT2D eigenvalue weighted by Crippen LogP contribution is 2.34. The quantitative estimate of drug-likeness (QED) is 0.837. The van der Waals surface area contributed by atoms with Crippen molar-refractivity contribution in [3.8, 4) is 5.75 Å². The lowest BCUT2D eigenvalue weighted by molar-refractivity contribution is -0.115. The molecule has 0 fully saturated rings. The minimum atomic E-state index is -3.48. The zero-order chi connectivity index (χ0) is 14.1. The van der Waals surface area contributed by atoms with Gasteiger partial charge in [0.15, 0.2) is 15.6 Å². The minimum absolute atomic E-state index is 0.0372. The lowest BCUT2D eigenvalue weighted by atomic mass is 10.3. The topological polar surface area (TPSA) is 83.5 Å². The van der Waals surface area contributed by atoms with E-state index in [2.05, 4.69) is 5.32 Å². The van der Waals surface area contributed by atoms with E-state index in [1.807, 2.05) is 0 Å². The number of amides is 1. The van der Waals surface area contributed by atoms with Gasteiger partial charge in [0.25, 0.3) is 0 Å². The van der Waals surface area contributed by atoms with E-state index in [0.29, 0.717) is 0 Å². The van der Waals surface area contributed by atoms with Crippen molar-refractivity contribution in [3.05, 3.63) is 22.2 Å². The first kappa shape index (κ1) is 15.1. The summed E-state index contributed by atoms with van der Waals surface area (Å²) in [5.41, 5.74) is 0.211. The molecule has 0 saturated heterocycles. The Bertz CT molecular complexity index is 563. The van der Waals surface area contributed by atoms with Crippen LogP contribution in [0.1, 0.15) is 6.92 Å². The van der Waals surface area contributed by atoms with E-state index >= 15 is 0 Å². The molecule has 0 aromatic heterocycles. The summed E-state index contributed by atoms with van der Waals surface area (Å²) in [5.74, 6) is -0.997. The highest BCUT2D eigenvalue weighted by Gasteiger charge is 2.23. The van der Waals surface area contributed by atoms with Crippen LogP contribution < -0.4 is 5.32 Å². The van der Waals surface area contributed by atoms with Gasteiger partial charge in [-0.3, -0.25) is 4.79 Å². The van der Waals surface area contributed by atoms with Gasteiger partial charge in [-0.25, -0.2) is 8.42 Å². The van der Waals surface area contributed by atoms with Crippen LogP contribution >= 0.6 is 23.2 Å². The molecule has 0 aliphatic carbocycles. The number of aromatic hydroxyl groups is 1. The number of carbonyl (C=O) groups excluding carboxylic acids is 1. The molecule has 0 radical (unpaired) electrons. The average molecular weight is 312 g/mol. The fourth-order valence-corrected chi connectivity index (χ4v) is 2.01. The van der Waals surface area contributed by atoms with Gasteiger partial charge in [0.2, 0.25) is 5.91 Å². The molecule has 5 nitrogen and oxygen atoms in total. The Kier molecular flexibility index (Phi) is 4.47. The number of anilines is 1. The van der Waals surface area contributed by atoms with Gasteiger partial charge >= 0.3 is 0 Å². The van der Waals surface area contributed by atoms with Gasteiger partial charge < -0.3 is 10.4 Å². The monoisotopic (exact) mass is 311 g/mol. The summed E-state index contributed by atoms with van der Waals surface area (Å²) < 4.78 is 22.4. The molecule has 1 aromatic carbocycles. The molecule has 8 heteroatoms. The molecule has 1 amide bonds. The smallest absolute Gasteiger partial charge is 0.242 e. The second-order valence-electron chi connectivity index (χ2n) is 3.75. The van der Waals surface area contributed by atoms with E-state index in [9.17, 15) is 18.3 Å². The van der Waals surface area contributed by atoms with Crippen molar-refractivity contribution < 1.29 is 18.3 Å². The molecule has 2 N–H and O–H groups in total. The normalized spacial score (nSPS) is 13.1. The molecule has 0 bridgehead atoms. The zero-order valence-corrected chi connectivity index (χ0v) is 11.9. The number of rotatable bonds is 3. The Balaban J connectivity index is 2.96. The highest BCUT2D eigenvalue weighted by atomic mass is 35.5. The van der Waals surface area contributed by atoms with Crippen LogP contribution in [0.5, 0.6) is 5.75 Å². The molecule has 1 atom stereocenters. The number of hydrogen-bond acceptors (Lipinski definition) is 4. The van der Waals surface area contributed by atoms with Crippen LogP contribution in [0.3, 0.4) is 0 Å². The van der Waals surface area contributed by atoms with E-state index in [-0.39, 0.29) is 21.5 Å². The molecule has 0 saturated carbocycles. The number of nitrogens with one attached hydrogen (secondary N) is 1. The van der Waals surface area contributed by atoms with E-state index in [1.165, 1.54) is 19.1 Å². The van der Waals surface area contributed by atoms with Crippen LogP contribution in [0.25, 0.3) is 0 Å². The maximum Gasteiger partial charge on any atom is 0.242 e. The molecule has 0 spiro atoms. The second-order valence-corrected chi connectivity index (χ2v) is 6.93. The number of sulfone groups is 1. The Hall–Kier alpha value is -0.980. The van der Waals surface area contributed by atoms with Crippen LogP contribution in [0.4, 0.5) is 5.69 Å². The predicted molar refractivity (Wildman–Crippen MR) is 71.1 cm³/mol. The fourth-order valence-electron chi connectivity index (χ4n) is 1.08. The van der Waals surface area contributed by atoms with E-state index < -0.39 is 21.0 Å². The molecule has 1 unspecified atom stereocenters. The highest BCUT2D eigenvalue weighted by molar-refractivity contribution is 7.92. The zero-order valence-electron chi connectivity index (χ0n) is 9.57. The standard InChI is InChI=1S/C10H11Cl2NO4S/c1-5(18(2,16)17)10(15)13-6-3-7(11)9(14)8(12)4-6/h3-5,14H,1-2H3,(H,13,15). The fraction of sp³-hybridized carbons (Fsp3) is 0.300. The van der Waals surface area contributed by atoms with Gasteiger partial charge in [-0.2, -0.15) is 0 Å². The summed E-state index contributed by atoms with van der Waals surface area (Å²) in [5, 5.41) is 10.4. The van der Waals surface area contributed by atoms with Crippen molar-refractivity contribution in [1.82, 2.24) is 0 Å². The Labute approximate surface area is 115 Å². The van der Waals surface area contributed by atoms with Crippen LogP contribution in [0, 0.1) is 0 Å². The molecule has 1 rings (SSSR count). The Morgan fingerprint density at radius 3 is 2.17 bits per heavy atom. The molecule has 0 aliphatic heterocycles. The molecule has 100 valence electrons. The van der Waals surface area contributed by atoms with Crippen molar-refractivity contribution in [3.63, 3.8) is 0 Å². The molecular formula is C10H11Cl2NO4S. The number of phenolic OH excluding ortho intramolecular Hbond substituents is 1. The van der Waals surface area contributed by atoms with Gasteiger partial charge in [-0.1, -0.05) is 23.2 Å². The first-order valence-corrected chi connectivity index (χ1v) is 7.51. The van der Waals surface area contributed by atoms with Gasteiger partial charge in [0.1, 0.15) is 5.25 Å². The van der Waals surface area contributed by atoms with E-state index in [4.69, 9.17) is 23.2 Å². The third-order valence-electron chi connectivity index (χ3n) is 2.30. The van der Waals surface area contributed by atoms with Crippen LogP contribution in [-0.4, -0.2) is 30.9 Å². The van der Waals surface area contributed by atoms with E-state index in [1.54, 1.807) is 0 Å². The number of benzene rings is 1. The third-order valence-corrected chi connectivity index (χ3v) is 4.37. The lowest BCUT2D eigenvalue weighted by Crippen LogP contribution is -2.31.